The fourth-order valence-corrected chi connectivity index (χ4v) is 4.01. The number of nitrogens with one attached hydrogen (secondary N) is 3. The van der Waals surface area contributed by atoms with Crippen molar-refractivity contribution in [3.63, 3.8) is 0 Å². The van der Waals surface area contributed by atoms with Crippen molar-refractivity contribution in [2.24, 2.45) is 0 Å². The first-order chi connectivity index (χ1) is 16.0. The maximum atomic E-state index is 12.7. The normalized spacial score (nSPS) is 16.5. The molecule has 2 aromatic carbocycles. The molecule has 9 heteroatoms. The predicted molar refractivity (Wildman–Crippen MR) is 124 cm³/mol. The van der Waals surface area contributed by atoms with Crippen molar-refractivity contribution in [3.05, 3.63) is 59.9 Å². The zero-order valence-electron chi connectivity index (χ0n) is 18.6. The fraction of sp³-hybridized carbons (Fsp3) is 0.333. The number of fused-ring (bicyclic) bond motifs is 2. The number of imidazole rings is 1. The molecule has 0 bridgehead atoms. The van der Waals surface area contributed by atoms with Crippen molar-refractivity contribution >= 4 is 34.4 Å². The van der Waals surface area contributed by atoms with Gasteiger partial charge in [-0.2, -0.15) is 0 Å². The fourth-order valence-electron chi connectivity index (χ4n) is 4.01. The number of benzene rings is 2. The number of ether oxygens (including phenoxy) is 1. The molecule has 3 N–H and O–H groups in total. The average Bonchev–Trinajstić information content (AvgIpc) is 3.13. The molecule has 0 fully saturated rings. The average molecular weight is 450 g/mol. The monoisotopic (exact) mass is 449 g/mol. The maximum Gasteiger partial charge on any atom is 0.254 e. The van der Waals surface area contributed by atoms with Gasteiger partial charge >= 0.3 is 0 Å². The minimum absolute atomic E-state index is 0.0807. The molecule has 33 heavy (non-hydrogen) atoms. The van der Waals surface area contributed by atoms with Gasteiger partial charge in [-0.3, -0.25) is 14.4 Å². The molecule has 9 nitrogen and oxygen atoms in total. The Kier molecular flexibility index (Phi) is 6.69. The van der Waals surface area contributed by atoms with E-state index in [1.54, 1.807) is 31.4 Å². The number of carbonyl (C=O) groups is 3. The van der Waals surface area contributed by atoms with Crippen LogP contribution in [-0.2, 0) is 20.9 Å². The first kappa shape index (κ1) is 22.5. The number of hydrogen-bond acceptors (Lipinski definition) is 5. The Morgan fingerprint density at radius 1 is 1.18 bits per heavy atom. The van der Waals surface area contributed by atoms with E-state index in [0.29, 0.717) is 24.4 Å². The van der Waals surface area contributed by atoms with E-state index in [2.05, 4.69) is 16.0 Å². The maximum absolute atomic E-state index is 12.7. The molecular weight excluding hydrogens is 422 g/mol. The molecule has 0 saturated carbocycles. The summed E-state index contributed by atoms with van der Waals surface area (Å²) in [4.78, 5) is 42.4. The zero-order valence-corrected chi connectivity index (χ0v) is 18.6. The van der Waals surface area contributed by atoms with Crippen molar-refractivity contribution in [1.82, 2.24) is 20.2 Å². The first-order valence-corrected chi connectivity index (χ1v) is 10.9. The second kappa shape index (κ2) is 9.83. The van der Waals surface area contributed by atoms with Gasteiger partial charge in [0.25, 0.3) is 5.91 Å². The highest BCUT2D eigenvalue weighted by Crippen LogP contribution is 2.22. The molecule has 1 aliphatic heterocycles. The van der Waals surface area contributed by atoms with Gasteiger partial charge < -0.3 is 25.3 Å². The van der Waals surface area contributed by atoms with Gasteiger partial charge in [-0.05, 0) is 37.6 Å². The highest BCUT2D eigenvalue weighted by Gasteiger charge is 2.28. The summed E-state index contributed by atoms with van der Waals surface area (Å²) in [6.45, 7) is 3.01. The van der Waals surface area contributed by atoms with Crippen LogP contribution < -0.4 is 16.0 Å². The molecule has 172 valence electrons. The van der Waals surface area contributed by atoms with E-state index in [9.17, 15) is 14.4 Å². The third-order valence-corrected chi connectivity index (χ3v) is 5.68. The molecule has 4 rings (SSSR count). The van der Waals surface area contributed by atoms with Crippen LogP contribution in [0.25, 0.3) is 11.0 Å². The van der Waals surface area contributed by atoms with Gasteiger partial charge in [0.15, 0.2) is 0 Å². The Morgan fingerprint density at radius 3 is 2.76 bits per heavy atom. The molecule has 2 atom stereocenters. The number of anilines is 1. The van der Waals surface area contributed by atoms with Crippen molar-refractivity contribution in [2.45, 2.75) is 38.4 Å². The van der Waals surface area contributed by atoms with E-state index in [4.69, 9.17) is 9.72 Å². The Bertz CT molecular complexity index is 1190. The van der Waals surface area contributed by atoms with Gasteiger partial charge in [0.05, 0.1) is 34.9 Å². The van der Waals surface area contributed by atoms with E-state index in [1.165, 1.54) is 0 Å². The van der Waals surface area contributed by atoms with Crippen LogP contribution in [0.2, 0.25) is 0 Å². The number of carbonyl (C=O) groups excluding carboxylic acids is 3. The Balaban J connectivity index is 1.40. The number of rotatable bonds is 8. The van der Waals surface area contributed by atoms with Gasteiger partial charge in [0.1, 0.15) is 11.9 Å². The molecule has 0 saturated heterocycles. The lowest BCUT2D eigenvalue weighted by molar-refractivity contribution is -0.122. The second-order valence-corrected chi connectivity index (χ2v) is 7.99. The quantitative estimate of drug-likeness (QED) is 0.489. The second-order valence-electron chi connectivity index (χ2n) is 7.99. The summed E-state index contributed by atoms with van der Waals surface area (Å²) in [6.07, 6.45) is 0.265. The topological polar surface area (TPSA) is 114 Å². The summed E-state index contributed by atoms with van der Waals surface area (Å²) in [5.41, 5.74) is 2.70. The molecule has 2 heterocycles. The van der Waals surface area contributed by atoms with Gasteiger partial charge in [-0.25, -0.2) is 4.98 Å². The smallest absolute Gasteiger partial charge is 0.254 e. The minimum atomic E-state index is -0.794. The summed E-state index contributed by atoms with van der Waals surface area (Å²) in [5.74, 6) is -0.167. The molecule has 0 aliphatic carbocycles. The number of aromatic nitrogens is 2. The number of methoxy groups -OCH3 is 1. The van der Waals surface area contributed by atoms with Crippen LogP contribution in [0.5, 0.6) is 0 Å². The van der Waals surface area contributed by atoms with E-state index in [0.717, 1.165) is 16.9 Å². The standard InChI is InChI=1S/C24H27N5O4/c1-15(22-26-18-9-5-6-10-20(18)29(22)13-14-33-2)25-21(30)12-11-19-24(32)27-17-8-4-3-7-16(17)23(31)28-19/h3-10,15,19H,11-14H2,1-2H3,(H,25,30)(H,27,32)(H,28,31). The summed E-state index contributed by atoms with van der Waals surface area (Å²) in [7, 11) is 1.64. The molecule has 3 amide bonds. The highest BCUT2D eigenvalue weighted by molar-refractivity contribution is 6.09. The van der Waals surface area contributed by atoms with Crippen LogP contribution in [0.4, 0.5) is 5.69 Å². The predicted octanol–water partition coefficient (Wildman–Crippen LogP) is 2.39. The van der Waals surface area contributed by atoms with Crippen LogP contribution in [0.3, 0.4) is 0 Å². The van der Waals surface area contributed by atoms with E-state index in [1.807, 2.05) is 35.8 Å². The molecular formula is C24H27N5O4. The highest BCUT2D eigenvalue weighted by atomic mass is 16.5. The lowest BCUT2D eigenvalue weighted by Crippen LogP contribution is -2.42. The van der Waals surface area contributed by atoms with Crippen molar-refractivity contribution in [1.29, 1.82) is 0 Å². The molecule has 2 unspecified atom stereocenters. The lowest BCUT2D eigenvalue weighted by Gasteiger charge is -2.18. The summed E-state index contributed by atoms with van der Waals surface area (Å²) in [5, 5.41) is 8.43. The number of hydrogen-bond donors (Lipinski definition) is 3. The van der Waals surface area contributed by atoms with Crippen LogP contribution in [0.15, 0.2) is 48.5 Å². The van der Waals surface area contributed by atoms with Gasteiger partial charge in [0.2, 0.25) is 11.8 Å². The van der Waals surface area contributed by atoms with Crippen LogP contribution >= 0.6 is 0 Å². The number of amides is 3. The van der Waals surface area contributed by atoms with E-state index in [-0.39, 0.29) is 36.6 Å². The largest absolute Gasteiger partial charge is 0.383 e. The van der Waals surface area contributed by atoms with Crippen molar-refractivity contribution in [3.8, 4) is 0 Å². The third kappa shape index (κ3) is 4.88. The van der Waals surface area contributed by atoms with Gasteiger partial charge in [0, 0.05) is 20.1 Å². The lowest BCUT2D eigenvalue weighted by atomic mass is 10.1. The summed E-state index contributed by atoms with van der Waals surface area (Å²) >= 11 is 0. The summed E-state index contributed by atoms with van der Waals surface area (Å²) in [6, 6.07) is 13.5. The van der Waals surface area contributed by atoms with Crippen LogP contribution in [0.1, 0.15) is 42.0 Å². The van der Waals surface area contributed by atoms with E-state index < -0.39 is 6.04 Å². The molecule has 3 aromatic rings. The van der Waals surface area contributed by atoms with Crippen LogP contribution in [-0.4, -0.2) is 47.0 Å². The van der Waals surface area contributed by atoms with Crippen LogP contribution in [0, 0.1) is 0 Å². The molecule has 0 spiro atoms. The Morgan fingerprint density at radius 2 is 1.94 bits per heavy atom. The molecule has 0 radical (unpaired) electrons. The zero-order chi connectivity index (χ0) is 23.4. The number of nitrogens with zero attached hydrogens (tertiary/aromatic N) is 2. The van der Waals surface area contributed by atoms with Crippen molar-refractivity contribution < 1.29 is 19.1 Å². The Hall–Kier alpha value is -3.72. The van der Waals surface area contributed by atoms with Gasteiger partial charge in [-0.15, -0.1) is 0 Å². The summed E-state index contributed by atoms with van der Waals surface area (Å²) < 4.78 is 7.27. The Labute approximate surface area is 191 Å². The molecule has 1 aliphatic rings. The van der Waals surface area contributed by atoms with Crippen molar-refractivity contribution in [2.75, 3.05) is 19.0 Å². The molecule has 1 aromatic heterocycles. The minimum Gasteiger partial charge on any atom is -0.383 e. The number of para-hydroxylation sites is 3. The first-order valence-electron chi connectivity index (χ1n) is 10.9. The third-order valence-electron chi connectivity index (χ3n) is 5.68. The van der Waals surface area contributed by atoms with Gasteiger partial charge in [-0.1, -0.05) is 24.3 Å². The van der Waals surface area contributed by atoms with E-state index >= 15 is 0 Å². The SMILES string of the molecule is COCCn1c(C(C)NC(=O)CCC2NC(=O)c3ccccc3NC2=O)nc2ccccc21.